The smallest absolute Gasteiger partial charge is 0.358 e. The molecule has 1 fully saturated rings. The molecule has 0 aliphatic carbocycles. The molecular formula is C28H32N2O5S3. The second-order valence-corrected chi connectivity index (χ2v) is 11.9. The summed E-state index contributed by atoms with van der Waals surface area (Å²) in [7, 11) is -2.38. The Bertz CT molecular complexity index is 1410. The van der Waals surface area contributed by atoms with E-state index < -0.39 is 10.1 Å². The third-order valence-corrected chi connectivity index (χ3v) is 8.88. The van der Waals surface area contributed by atoms with Crippen molar-refractivity contribution >= 4 is 56.1 Å². The Kier molecular flexibility index (Phi) is 9.72. The van der Waals surface area contributed by atoms with Gasteiger partial charge in [-0.05, 0) is 100 Å². The fourth-order valence-corrected chi connectivity index (χ4v) is 5.86. The molecule has 2 aromatic rings. The molecule has 202 valence electrons. The summed E-state index contributed by atoms with van der Waals surface area (Å²) in [6.45, 7) is 10.1. The van der Waals surface area contributed by atoms with Gasteiger partial charge in [0.05, 0.1) is 25.1 Å². The fourth-order valence-electron chi connectivity index (χ4n) is 3.88. The highest BCUT2D eigenvalue weighted by Crippen LogP contribution is 2.37. The van der Waals surface area contributed by atoms with Gasteiger partial charge in [-0.3, -0.25) is 0 Å². The van der Waals surface area contributed by atoms with Crippen LogP contribution in [0.5, 0.6) is 5.75 Å². The molecule has 2 aliphatic heterocycles. The van der Waals surface area contributed by atoms with E-state index in [0.717, 1.165) is 34.8 Å². The molecule has 0 aromatic heterocycles. The topological polar surface area (TPSA) is 86.7 Å². The van der Waals surface area contributed by atoms with Crippen molar-refractivity contribution in [3.63, 3.8) is 0 Å². The van der Waals surface area contributed by atoms with Crippen molar-refractivity contribution in [3.05, 3.63) is 82.4 Å². The molecule has 2 aliphatic rings. The molecule has 38 heavy (non-hydrogen) atoms. The van der Waals surface area contributed by atoms with Crippen molar-refractivity contribution in [3.8, 4) is 5.75 Å². The number of rotatable bonds is 6. The number of allylic oxidation sites excluding steroid dienone is 3. The SMILES string of the molecule is CCOc1ccc2c(c1)C=C/C(=C\C=C1/SC(=S)[N+](C)(CC)C1=O)N2CC.Cc1ccc(S(=O)(=O)[O-])cc1. The van der Waals surface area contributed by atoms with Gasteiger partial charge in [0.15, 0.2) is 0 Å². The van der Waals surface area contributed by atoms with Crippen molar-refractivity contribution in [1.82, 2.24) is 0 Å². The van der Waals surface area contributed by atoms with Gasteiger partial charge >= 0.3 is 5.91 Å². The van der Waals surface area contributed by atoms with E-state index in [-0.39, 0.29) is 15.3 Å². The number of thioether (sulfide) groups is 1. The Labute approximate surface area is 234 Å². The van der Waals surface area contributed by atoms with Crippen LogP contribution in [0.3, 0.4) is 0 Å². The fraction of sp³-hybridized carbons (Fsp3) is 0.286. The van der Waals surface area contributed by atoms with E-state index in [9.17, 15) is 17.8 Å². The van der Waals surface area contributed by atoms with Gasteiger partial charge in [-0.25, -0.2) is 17.7 Å². The molecule has 2 heterocycles. The van der Waals surface area contributed by atoms with Crippen molar-refractivity contribution in [2.75, 3.05) is 31.6 Å². The van der Waals surface area contributed by atoms with Gasteiger partial charge in [0.25, 0.3) is 0 Å². The number of ether oxygens (including phenoxy) is 1. The maximum atomic E-state index is 12.7. The Morgan fingerprint density at radius 2 is 1.76 bits per heavy atom. The summed E-state index contributed by atoms with van der Waals surface area (Å²) in [6.07, 6.45) is 8.08. The van der Waals surface area contributed by atoms with E-state index in [4.69, 9.17) is 17.0 Å². The normalized spacial score (nSPS) is 20.9. The maximum Gasteiger partial charge on any atom is 0.358 e. The zero-order valence-electron chi connectivity index (χ0n) is 22.1. The summed E-state index contributed by atoms with van der Waals surface area (Å²) in [5.74, 6) is 0.957. The molecule has 7 nitrogen and oxygen atoms in total. The van der Waals surface area contributed by atoms with Crippen LogP contribution in [0.2, 0.25) is 0 Å². The summed E-state index contributed by atoms with van der Waals surface area (Å²) in [4.78, 5) is 15.5. The van der Waals surface area contributed by atoms with Gasteiger partial charge in [0.1, 0.15) is 20.8 Å². The van der Waals surface area contributed by atoms with Crippen LogP contribution in [-0.4, -0.2) is 54.4 Å². The number of nitrogens with zero attached hydrogens (tertiary/aromatic N) is 2. The number of likely N-dealkylation sites (N-methyl/N-ethyl adjacent to an activating group) is 2. The highest BCUT2D eigenvalue weighted by Gasteiger charge is 2.46. The van der Waals surface area contributed by atoms with Crippen LogP contribution in [0.25, 0.3) is 6.08 Å². The molecule has 2 aromatic carbocycles. The number of fused-ring (bicyclic) bond motifs is 1. The molecule has 0 spiro atoms. The Morgan fingerprint density at radius 1 is 1.08 bits per heavy atom. The van der Waals surface area contributed by atoms with Crippen molar-refractivity contribution in [2.45, 2.75) is 32.6 Å². The summed E-state index contributed by atoms with van der Waals surface area (Å²) in [5.41, 5.74) is 4.26. The molecule has 1 amide bonds. The van der Waals surface area contributed by atoms with E-state index >= 15 is 0 Å². The summed E-state index contributed by atoms with van der Waals surface area (Å²) in [6, 6.07) is 11.9. The predicted octanol–water partition coefficient (Wildman–Crippen LogP) is 5.63. The van der Waals surface area contributed by atoms with E-state index in [1.807, 2.05) is 46.0 Å². The number of amides is 1. The minimum Gasteiger partial charge on any atom is -0.744 e. The van der Waals surface area contributed by atoms with E-state index in [1.165, 1.54) is 23.9 Å². The number of hydrogen-bond donors (Lipinski definition) is 0. The van der Waals surface area contributed by atoms with Crippen LogP contribution in [0.15, 0.2) is 76.2 Å². The number of hydrogen-bond acceptors (Lipinski definition) is 8. The lowest BCUT2D eigenvalue weighted by Gasteiger charge is -2.29. The largest absolute Gasteiger partial charge is 0.744 e. The van der Waals surface area contributed by atoms with Crippen molar-refractivity contribution in [1.29, 1.82) is 0 Å². The van der Waals surface area contributed by atoms with Gasteiger partial charge in [0, 0.05) is 23.5 Å². The number of benzene rings is 2. The van der Waals surface area contributed by atoms with Gasteiger partial charge in [-0.15, -0.1) is 0 Å². The van der Waals surface area contributed by atoms with Gasteiger partial charge in [-0.2, -0.15) is 0 Å². The monoisotopic (exact) mass is 572 g/mol. The van der Waals surface area contributed by atoms with Crippen LogP contribution < -0.4 is 9.64 Å². The molecule has 0 bridgehead atoms. The third kappa shape index (κ3) is 6.62. The highest BCUT2D eigenvalue weighted by atomic mass is 32.2. The third-order valence-electron chi connectivity index (χ3n) is 6.27. The molecular weight excluding hydrogens is 541 g/mol. The Balaban J connectivity index is 0.000000304. The summed E-state index contributed by atoms with van der Waals surface area (Å²) in [5, 5.41) is 0. The van der Waals surface area contributed by atoms with Crippen LogP contribution in [-0.2, 0) is 14.9 Å². The average molecular weight is 573 g/mol. The number of carbonyl (C=O) groups is 1. The minimum absolute atomic E-state index is 0.0777. The molecule has 0 saturated carbocycles. The zero-order chi connectivity index (χ0) is 28.1. The lowest BCUT2D eigenvalue weighted by atomic mass is 10.0. The van der Waals surface area contributed by atoms with Crippen LogP contribution in [0.4, 0.5) is 5.69 Å². The van der Waals surface area contributed by atoms with Crippen LogP contribution >= 0.6 is 24.0 Å². The number of aryl methyl sites for hydroxylation is 1. The van der Waals surface area contributed by atoms with Crippen LogP contribution in [0.1, 0.15) is 31.9 Å². The molecule has 4 rings (SSSR count). The standard InChI is InChI=1S/C21H25N2O2S2.C7H8O3S/c1-5-22-16(9-8-15-14-17(25-7-3)11-12-18(15)22)10-13-19-20(24)23(4,6-2)21(26)27-19;1-6-2-4-7(5-3-6)11(8,9)10/h8-14H,5-7H2,1-4H3;2-5H,1H3,(H,8,9,10)/q+1;/p-1/b16-10+,19-13-;. The second-order valence-electron chi connectivity index (χ2n) is 8.80. The first-order chi connectivity index (χ1) is 17.9. The second kappa shape index (κ2) is 12.4. The first kappa shape index (κ1) is 29.8. The Morgan fingerprint density at radius 3 is 2.32 bits per heavy atom. The highest BCUT2D eigenvalue weighted by molar-refractivity contribution is 8.26. The predicted molar refractivity (Wildman–Crippen MR) is 157 cm³/mol. The maximum absolute atomic E-state index is 12.7. The van der Waals surface area contributed by atoms with Gasteiger partial charge in [0.2, 0.25) is 4.32 Å². The van der Waals surface area contributed by atoms with Crippen LogP contribution in [0, 0.1) is 6.92 Å². The van der Waals surface area contributed by atoms with Gasteiger partial charge in [-0.1, -0.05) is 23.8 Å². The lowest BCUT2D eigenvalue weighted by molar-refractivity contribution is -0.728. The lowest BCUT2D eigenvalue weighted by Crippen LogP contribution is -2.47. The zero-order valence-corrected chi connectivity index (χ0v) is 24.6. The molecule has 10 heteroatoms. The first-order valence-corrected chi connectivity index (χ1v) is 14.9. The van der Waals surface area contributed by atoms with Gasteiger partial charge < -0.3 is 14.2 Å². The average Bonchev–Trinajstić information content (AvgIpc) is 3.11. The molecule has 1 unspecified atom stereocenters. The summed E-state index contributed by atoms with van der Waals surface area (Å²) >= 11 is 6.83. The minimum atomic E-state index is -4.27. The molecule has 1 saturated heterocycles. The number of thiocarbonyl (C=S) groups is 1. The Hall–Kier alpha value is -2.76. The van der Waals surface area contributed by atoms with Crippen molar-refractivity contribution in [2.24, 2.45) is 0 Å². The van der Waals surface area contributed by atoms with E-state index in [2.05, 4.69) is 36.1 Å². The van der Waals surface area contributed by atoms with E-state index in [1.54, 1.807) is 12.1 Å². The first-order valence-electron chi connectivity index (χ1n) is 12.2. The summed E-state index contributed by atoms with van der Waals surface area (Å²) < 4.78 is 37.7. The quantitative estimate of drug-likeness (QED) is 0.191. The molecule has 0 N–H and O–H groups in total. The number of anilines is 1. The van der Waals surface area contributed by atoms with Crippen molar-refractivity contribution < 1.29 is 27.0 Å². The number of carbonyl (C=O) groups excluding carboxylic acids is 1. The molecule has 1 atom stereocenters. The number of quaternary nitrogens is 1. The molecule has 0 radical (unpaired) electrons. The van der Waals surface area contributed by atoms with E-state index in [0.29, 0.717) is 22.4 Å².